The zero-order valence-corrected chi connectivity index (χ0v) is 6.00. The molecule has 12 heavy (non-hydrogen) atoms. The third kappa shape index (κ3) is 0.922. The SMILES string of the molecule is O=C(O)C1=Cc2oc(F)cc2C1. The number of carboxylic acids is 1. The lowest BCUT2D eigenvalue weighted by molar-refractivity contribution is -0.132. The van der Waals surface area contributed by atoms with Gasteiger partial charge in [0.1, 0.15) is 5.76 Å². The van der Waals surface area contributed by atoms with Crippen molar-refractivity contribution in [3.05, 3.63) is 29.0 Å². The highest BCUT2D eigenvalue weighted by atomic mass is 19.1. The van der Waals surface area contributed by atoms with Crippen molar-refractivity contribution in [2.24, 2.45) is 0 Å². The first kappa shape index (κ1) is 7.09. The van der Waals surface area contributed by atoms with Crippen LogP contribution >= 0.6 is 0 Å². The summed E-state index contributed by atoms with van der Waals surface area (Å²) in [6.07, 6.45) is 1.60. The Balaban J connectivity index is 2.39. The van der Waals surface area contributed by atoms with Crippen molar-refractivity contribution in [1.29, 1.82) is 0 Å². The second-order valence-electron chi connectivity index (χ2n) is 2.59. The van der Waals surface area contributed by atoms with Gasteiger partial charge in [0.15, 0.2) is 0 Å². The molecule has 62 valence electrons. The molecule has 1 N–H and O–H groups in total. The summed E-state index contributed by atoms with van der Waals surface area (Å²) in [5.74, 6) is -0.660. The van der Waals surface area contributed by atoms with Crippen molar-refractivity contribution < 1.29 is 18.7 Å². The number of fused-ring (bicyclic) bond motifs is 1. The minimum Gasteiger partial charge on any atom is -0.478 e. The summed E-state index contributed by atoms with van der Waals surface area (Å²) >= 11 is 0. The standard InChI is InChI=1S/C8H5FO3/c9-7-3-4-1-5(8(10)11)2-6(4)12-7/h2-3H,1H2,(H,10,11). The van der Waals surface area contributed by atoms with Crippen molar-refractivity contribution in [3.63, 3.8) is 0 Å². The van der Waals surface area contributed by atoms with Gasteiger partial charge >= 0.3 is 5.97 Å². The highest BCUT2D eigenvalue weighted by molar-refractivity contribution is 5.94. The zero-order valence-electron chi connectivity index (χ0n) is 6.00. The fourth-order valence-corrected chi connectivity index (χ4v) is 1.22. The molecule has 0 bridgehead atoms. The highest BCUT2D eigenvalue weighted by Crippen LogP contribution is 2.27. The Bertz CT molecular complexity index is 376. The van der Waals surface area contributed by atoms with E-state index in [1.54, 1.807) is 0 Å². The van der Waals surface area contributed by atoms with Crippen molar-refractivity contribution in [1.82, 2.24) is 0 Å². The van der Waals surface area contributed by atoms with Crippen LogP contribution in [0.3, 0.4) is 0 Å². The average molecular weight is 168 g/mol. The first-order valence-electron chi connectivity index (χ1n) is 3.39. The maximum atomic E-state index is 12.4. The quantitative estimate of drug-likeness (QED) is 0.690. The Kier molecular flexibility index (Phi) is 1.30. The minimum absolute atomic E-state index is 0.240. The number of carbonyl (C=O) groups is 1. The minimum atomic E-state index is -0.984. The third-order valence-electron chi connectivity index (χ3n) is 1.77. The maximum absolute atomic E-state index is 12.4. The molecule has 1 heterocycles. The van der Waals surface area contributed by atoms with E-state index < -0.39 is 12.0 Å². The zero-order chi connectivity index (χ0) is 8.72. The van der Waals surface area contributed by atoms with Crippen molar-refractivity contribution >= 4 is 12.0 Å². The number of furan rings is 1. The molecule has 1 aliphatic rings. The molecule has 3 nitrogen and oxygen atoms in total. The summed E-state index contributed by atoms with van der Waals surface area (Å²) in [7, 11) is 0. The average Bonchev–Trinajstić information content (AvgIpc) is 2.42. The second-order valence-corrected chi connectivity index (χ2v) is 2.59. The van der Waals surface area contributed by atoms with E-state index in [1.807, 2.05) is 0 Å². The molecule has 0 aromatic carbocycles. The Labute approximate surface area is 67.1 Å². The lowest BCUT2D eigenvalue weighted by Crippen LogP contribution is -1.99. The van der Waals surface area contributed by atoms with Gasteiger partial charge < -0.3 is 9.52 Å². The Hall–Kier alpha value is -1.58. The molecule has 0 saturated heterocycles. The van der Waals surface area contributed by atoms with Crippen LogP contribution in [-0.4, -0.2) is 11.1 Å². The van der Waals surface area contributed by atoms with Crippen molar-refractivity contribution in [3.8, 4) is 0 Å². The lowest BCUT2D eigenvalue weighted by Gasteiger charge is -1.89. The molecule has 0 spiro atoms. The Morgan fingerprint density at radius 3 is 3.00 bits per heavy atom. The molecule has 0 fully saturated rings. The van der Waals surface area contributed by atoms with Gasteiger partial charge in [-0.2, -0.15) is 4.39 Å². The van der Waals surface area contributed by atoms with Gasteiger partial charge in [-0.1, -0.05) is 0 Å². The van der Waals surface area contributed by atoms with Crippen LogP contribution in [0.5, 0.6) is 0 Å². The maximum Gasteiger partial charge on any atom is 0.332 e. The van der Waals surface area contributed by atoms with Crippen LogP contribution in [0, 0.1) is 6.01 Å². The Morgan fingerprint density at radius 1 is 1.67 bits per heavy atom. The van der Waals surface area contributed by atoms with Crippen molar-refractivity contribution in [2.75, 3.05) is 0 Å². The molecular weight excluding hydrogens is 163 g/mol. The van der Waals surface area contributed by atoms with Crippen LogP contribution in [-0.2, 0) is 11.2 Å². The Morgan fingerprint density at radius 2 is 2.42 bits per heavy atom. The molecule has 0 atom stereocenters. The summed E-state index contributed by atoms with van der Waals surface area (Å²) < 4.78 is 17.0. The molecule has 0 saturated carbocycles. The van der Waals surface area contributed by atoms with Crippen LogP contribution in [0.4, 0.5) is 4.39 Å². The molecule has 0 radical (unpaired) electrons. The smallest absolute Gasteiger partial charge is 0.332 e. The first-order valence-corrected chi connectivity index (χ1v) is 3.39. The fourth-order valence-electron chi connectivity index (χ4n) is 1.22. The molecule has 4 heteroatoms. The topological polar surface area (TPSA) is 50.4 Å². The lowest BCUT2D eigenvalue weighted by atomic mass is 10.2. The second kappa shape index (κ2) is 2.20. The van der Waals surface area contributed by atoms with E-state index in [-0.39, 0.29) is 12.0 Å². The number of halogens is 1. The van der Waals surface area contributed by atoms with E-state index in [0.29, 0.717) is 11.3 Å². The molecule has 0 aliphatic heterocycles. The van der Waals surface area contributed by atoms with Gasteiger partial charge in [-0.3, -0.25) is 0 Å². The molecule has 0 unspecified atom stereocenters. The van der Waals surface area contributed by atoms with Crippen LogP contribution < -0.4 is 0 Å². The van der Waals surface area contributed by atoms with E-state index in [4.69, 9.17) is 5.11 Å². The van der Waals surface area contributed by atoms with Gasteiger partial charge in [0.05, 0.1) is 0 Å². The number of hydrogen-bond acceptors (Lipinski definition) is 2. The summed E-state index contributed by atoms with van der Waals surface area (Å²) in [6.45, 7) is 0. The number of rotatable bonds is 1. The largest absolute Gasteiger partial charge is 0.478 e. The van der Waals surface area contributed by atoms with E-state index >= 15 is 0 Å². The van der Waals surface area contributed by atoms with E-state index in [2.05, 4.69) is 4.42 Å². The van der Waals surface area contributed by atoms with Gasteiger partial charge in [-0.25, -0.2) is 4.79 Å². The van der Waals surface area contributed by atoms with Gasteiger partial charge in [0, 0.05) is 23.6 Å². The molecule has 0 amide bonds. The molecule has 1 aromatic heterocycles. The van der Waals surface area contributed by atoms with Crippen LogP contribution in [0.25, 0.3) is 6.08 Å². The van der Waals surface area contributed by atoms with E-state index in [0.717, 1.165) is 0 Å². The molecule has 2 rings (SSSR count). The normalized spacial score (nSPS) is 14.2. The third-order valence-corrected chi connectivity index (χ3v) is 1.77. The van der Waals surface area contributed by atoms with Gasteiger partial charge in [0.25, 0.3) is 6.01 Å². The van der Waals surface area contributed by atoms with Gasteiger partial charge in [-0.15, -0.1) is 0 Å². The van der Waals surface area contributed by atoms with Crippen LogP contribution in [0.2, 0.25) is 0 Å². The molecule has 1 aromatic rings. The number of hydrogen-bond donors (Lipinski definition) is 1. The predicted molar refractivity (Wildman–Crippen MR) is 38.0 cm³/mol. The predicted octanol–water partition coefficient (Wildman–Crippen LogP) is 1.44. The van der Waals surface area contributed by atoms with Gasteiger partial charge in [-0.05, 0) is 6.08 Å². The number of carboxylic acid groups (broad SMARTS) is 1. The summed E-state index contributed by atoms with van der Waals surface area (Å²) in [4.78, 5) is 10.4. The first-order chi connectivity index (χ1) is 5.66. The van der Waals surface area contributed by atoms with Crippen LogP contribution in [0.15, 0.2) is 16.1 Å². The monoisotopic (exact) mass is 168 g/mol. The van der Waals surface area contributed by atoms with Crippen molar-refractivity contribution in [2.45, 2.75) is 6.42 Å². The summed E-state index contributed by atoms with van der Waals surface area (Å²) in [5, 5.41) is 8.57. The van der Waals surface area contributed by atoms with Crippen LogP contribution in [0.1, 0.15) is 11.3 Å². The van der Waals surface area contributed by atoms with E-state index in [1.165, 1.54) is 12.1 Å². The molecular formula is C8H5FO3. The highest BCUT2D eigenvalue weighted by Gasteiger charge is 2.21. The summed E-state index contributed by atoms with van der Waals surface area (Å²) in [5.41, 5.74) is 0.841. The summed E-state index contributed by atoms with van der Waals surface area (Å²) in [6, 6.07) is 0.544. The van der Waals surface area contributed by atoms with Gasteiger partial charge in [0.2, 0.25) is 0 Å². The fraction of sp³-hybridized carbons (Fsp3) is 0.125. The number of aliphatic carboxylic acids is 1. The van der Waals surface area contributed by atoms with E-state index in [9.17, 15) is 9.18 Å². The molecule has 1 aliphatic carbocycles.